The lowest BCUT2D eigenvalue weighted by Gasteiger charge is -2.28. The van der Waals surface area contributed by atoms with Crippen LogP contribution in [-0.4, -0.2) is 18.0 Å². The summed E-state index contributed by atoms with van der Waals surface area (Å²) in [4.78, 5) is 11.5. The molecule has 0 spiro atoms. The minimum Gasteiger partial charge on any atom is -0.421 e. The van der Waals surface area contributed by atoms with Gasteiger partial charge < -0.3 is 4.52 Å². The molecule has 0 bridgehead atoms. The van der Waals surface area contributed by atoms with Crippen LogP contribution in [0, 0.1) is 0 Å². The van der Waals surface area contributed by atoms with E-state index >= 15 is 0 Å². The van der Waals surface area contributed by atoms with Crippen LogP contribution in [0.2, 0.25) is 0 Å². The minimum atomic E-state index is -3.60. The number of hydrogen-bond donors (Lipinski definition) is 2. The highest BCUT2D eigenvalue weighted by atomic mass is 31.2. The Balaban J connectivity index is 1.22. The van der Waals surface area contributed by atoms with Crippen molar-refractivity contribution in [1.82, 2.24) is 5.09 Å². The molecule has 6 rings (SSSR count). The molecule has 6 nitrogen and oxygen atoms in total. The van der Waals surface area contributed by atoms with E-state index in [1.165, 1.54) is 0 Å². The predicted octanol–water partition coefficient (Wildman–Crippen LogP) is 5.31. The summed E-state index contributed by atoms with van der Waals surface area (Å²) < 4.78 is 31.6. The molecule has 2 atom stereocenters. The summed E-state index contributed by atoms with van der Waals surface area (Å²) >= 11 is 0. The van der Waals surface area contributed by atoms with Gasteiger partial charge in [-0.1, -0.05) is 66.7 Å². The van der Waals surface area contributed by atoms with Crippen molar-refractivity contribution in [2.45, 2.75) is 0 Å². The zero-order valence-corrected chi connectivity index (χ0v) is 19.9. The first-order chi connectivity index (χ1) is 16.6. The van der Waals surface area contributed by atoms with Crippen LogP contribution in [-0.2, 0) is 9.09 Å². The number of hydrogen-bond acceptors (Lipinski definition) is 6. The smallest absolute Gasteiger partial charge is 0.421 e. The molecule has 0 aromatic heterocycles. The fourth-order valence-corrected chi connectivity index (χ4v) is 8.17. The Morgan fingerprint density at radius 2 is 1.35 bits per heavy atom. The van der Waals surface area contributed by atoms with E-state index in [2.05, 4.69) is 5.09 Å². The van der Waals surface area contributed by atoms with Gasteiger partial charge in [0.05, 0.1) is 18.5 Å². The van der Waals surface area contributed by atoms with Gasteiger partial charge >= 0.3 is 15.5 Å². The monoisotopic (exact) mass is 490 g/mol. The van der Waals surface area contributed by atoms with Crippen molar-refractivity contribution in [1.29, 1.82) is 0 Å². The van der Waals surface area contributed by atoms with E-state index < -0.39 is 15.5 Å². The summed E-state index contributed by atoms with van der Waals surface area (Å²) in [5.41, 5.74) is 3.60. The number of nitrogens with one attached hydrogen (secondary N) is 1. The Hall–Kier alpha value is -2.98. The molecule has 4 aromatic carbocycles. The Morgan fingerprint density at radius 3 is 2.15 bits per heavy atom. The molecule has 2 aliphatic heterocycles. The molecule has 4 aromatic rings. The third kappa shape index (κ3) is 3.56. The Morgan fingerprint density at radius 1 is 0.765 bits per heavy atom. The molecule has 0 saturated heterocycles. The fraction of sp³-hybridized carbons (Fsp3) is 0.0769. The van der Waals surface area contributed by atoms with Crippen LogP contribution in [0.4, 0.5) is 0 Å². The zero-order valence-electron chi connectivity index (χ0n) is 18.1. The molecule has 0 amide bonds. The maximum Gasteiger partial charge on any atom is 0.426 e. The molecule has 2 heterocycles. The quantitative estimate of drug-likeness (QED) is 0.292. The van der Waals surface area contributed by atoms with Crippen molar-refractivity contribution in [3.8, 4) is 33.8 Å². The lowest BCUT2D eigenvalue weighted by Crippen LogP contribution is -2.34. The second kappa shape index (κ2) is 8.35. The minimum absolute atomic E-state index is 0.0588. The molecule has 0 radical (unpaired) electrons. The van der Waals surface area contributed by atoms with Crippen LogP contribution in [0.3, 0.4) is 0 Å². The maximum atomic E-state index is 13.8. The molecule has 2 N–H and O–H groups in total. The van der Waals surface area contributed by atoms with Gasteiger partial charge in [-0.2, -0.15) is 4.89 Å². The SMILES string of the molecule is O=P1(OCCN[P+]2(O)Oc3ccccc3-c3ccccc32)Oc2ccccc2-c2ccccc21. The van der Waals surface area contributed by atoms with Crippen LogP contribution >= 0.6 is 15.5 Å². The number of rotatable bonds is 5. The van der Waals surface area contributed by atoms with E-state index in [1.807, 2.05) is 84.9 Å². The lowest BCUT2D eigenvalue weighted by atomic mass is 10.0. The fourth-order valence-electron chi connectivity index (χ4n) is 4.39. The molecule has 2 aliphatic rings. The van der Waals surface area contributed by atoms with Crippen LogP contribution < -0.4 is 24.7 Å². The van der Waals surface area contributed by atoms with Crippen molar-refractivity contribution in [3.05, 3.63) is 97.1 Å². The number of fused-ring (bicyclic) bond motifs is 6. The van der Waals surface area contributed by atoms with Gasteiger partial charge in [0.1, 0.15) is 5.75 Å². The Labute approximate surface area is 198 Å². The predicted molar refractivity (Wildman–Crippen MR) is 135 cm³/mol. The van der Waals surface area contributed by atoms with E-state index in [0.717, 1.165) is 22.3 Å². The van der Waals surface area contributed by atoms with Gasteiger partial charge in [-0.15, -0.1) is 5.09 Å². The number of benzene rings is 4. The summed E-state index contributed by atoms with van der Waals surface area (Å²) in [6.07, 6.45) is 0. The van der Waals surface area contributed by atoms with Gasteiger partial charge in [-0.05, 0) is 30.3 Å². The van der Waals surface area contributed by atoms with E-state index in [4.69, 9.17) is 13.6 Å². The van der Waals surface area contributed by atoms with E-state index in [9.17, 15) is 9.46 Å². The van der Waals surface area contributed by atoms with E-state index in [-0.39, 0.29) is 13.2 Å². The molecule has 8 heteroatoms. The average Bonchev–Trinajstić information content (AvgIpc) is 2.87. The van der Waals surface area contributed by atoms with Crippen molar-refractivity contribution >= 4 is 26.1 Å². The van der Waals surface area contributed by atoms with Crippen LogP contribution in [0.15, 0.2) is 97.1 Å². The Kier molecular flexibility index (Phi) is 5.29. The first-order valence-electron chi connectivity index (χ1n) is 11.0. The van der Waals surface area contributed by atoms with Crippen molar-refractivity contribution < 1.29 is 23.0 Å². The highest BCUT2D eigenvalue weighted by Crippen LogP contribution is 2.58. The van der Waals surface area contributed by atoms with Crippen LogP contribution in [0.1, 0.15) is 0 Å². The molecular formula is C26H22NO5P2+. The van der Waals surface area contributed by atoms with Gasteiger partial charge in [0.2, 0.25) is 0 Å². The first kappa shape index (κ1) is 21.5. The van der Waals surface area contributed by atoms with Crippen LogP contribution in [0.5, 0.6) is 11.5 Å². The second-order valence-electron chi connectivity index (χ2n) is 8.02. The van der Waals surface area contributed by atoms with Gasteiger partial charge in [0.15, 0.2) is 11.1 Å². The average molecular weight is 490 g/mol. The number of para-hydroxylation sites is 2. The van der Waals surface area contributed by atoms with Crippen molar-refractivity contribution in [3.63, 3.8) is 0 Å². The topological polar surface area (TPSA) is 77.0 Å². The van der Waals surface area contributed by atoms with Gasteiger partial charge in [0, 0.05) is 22.3 Å². The molecule has 2 unspecified atom stereocenters. The summed E-state index contributed by atoms with van der Waals surface area (Å²) in [6.45, 7) is 0.279. The van der Waals surface area contributed by atoms with E-state index in [0.29, 0.717) is 22.1 Å². The molecule has 0 fully saturated rings. The van der Waals surface area contributed by atoms with Crippen LogP contribution in [0.25, 0.3) is 22.3 Å². The molecule has 0 saturated carbocycles. The van der Waals surface area contributed by atoms with Gasteiger partial charge in [-0.3, -0.25) is 9.05 Å². The molecule has 34 heavy (non-hydrogen) atoms. The third-order valence-corrected chi connectivity index (χ3v) is 10.0. The summed E-state index contributed by atoms with van der Waals surface area (Å²) in [5, 5.41) is 4.39. The molecular weight excluding hydrogens is 468 g/mol. The third-order valence-electron chi connectivity index (χ3n) is 5.92. The van der Waals surface area contributed by atoms with Gasteiger partial charge in [-0.25, -0.2) is 4.57 Å². The summed E-state index contributed by atoms with van der Waals surface area (Å²) in [6, 6.07) is 30.2. The zero-order chi connectivity index (χ0) is 23.2. The normalized spacial score (nSPS) is 21.8. The Bertz CT molecular complexity index is 1440. The molecule has 0 aliphatic carbocycles. The second-order valence-corrected chi connectivity index (χ2v) is 12.1. The van der Waals surface area contributed by atoms with Gasteiger partial charge in [0.25, 0.3) is 0 Å². The van der Waals surface area contributed by atoms with Crippen molar-refractivity contribution in [2.24, 2.45) is 0 Å². The van der Waals surface area contributed by atoms with E-state index in [1.54, 1.807) is 12.1 Å². The highest BCUT2D eigenvalue weighted by Gasteiger charge is 2.49. The largest absolute Gasteiger partial charge is 0.426 e. The summed E-state index contributed by atoms with van der Waals surface area (Å²) in [7, 11) is -6.75. The highest BCUT2D eigenvalue weighted by molar-refractivity contribution is 7.72. The standard InChI is InChI=1S/C26H22NO5P2/c28-33(25-15-7-3-11-21(25)19-9-1-5-13-23(19)31-33)27-17-18-30-34(29)26-16-8-4-12-22(26)20-10-2-6-14-24(20)32-34/h1-16,27-28H,17-18H2/q+1. The summed E-state index contributed by atoms with van der Waals surface area (Å²) in [5.74, 6) is 1.16. The van der Waals surface area contributed by atoms with Crippen molar-refractivity contribution in [2.75, 3.05) is 13.2 Å². The lowest BCUT2D eigenvalue weighted by molar-refractivity contribution is 0.275. The maximum absolute atomic E-state index is 13.8. The first-order valence-corrected chi connectivity index (χ1v) is 14.2. The molecule has 170 valence electrons.